The molecule has 3 aromatic rings. The number of benzene rings is 3. The standard InChI is InChI=1S/C20H15BrF2O2/c1-24-12-25-20-14(13-6-3-2-4-7-13)8-5-9-15(20)16-10-18(22)19(23)11-17(16)21/h2-11H,12H2,1H3. The van der Waals surface area contributed by atoms with Crippen LogP contribution in [0.15, 0.2) is 65.1 Å². The second-order valence-corrected chi connectivity index (χ2v) is 6.20. The first-order chi connectivity index (χ1) is 12.1. The summed E-state index contributed by atoms with van der Waals surface area (Å²) in [6, 6.07) is 17.5. The molecule has 0 aliphatic heterocycles. The Balaban J connectivity index is 2.22. The molecule has 0 unspecified atom stereocenters. The van der Waals surface area contributed by atoms with Crippen LogP contribution in [0.2, 0.25) is 0 Å². The summed E-state index contributed by atoms with van der Waals surface area (Å²) in [4.78, 5) is 0. The highest BCUT2D eigenvalue weighted by Crippen LogP contribution is 2.42. The number of hydrogen-bond donors (Lipinski definition) is 0. The maximum Gasteiger partial charge on any atom is 0.188 e. The van der Waals surface area contributed by atoms with E-state index >= 15 is 0 Å². The molecule has 0 bridgehead atoms. The molecular formula is C20H15BrF2O2. The van der Waals surface area contributed by atoms with Crippen molar-refractivity contribution < 1.29 is 18.3 Å². The van der Waals surface area contributed by atoms with E-state index in [0.717, 1.165) is 23.3 Å². The Morgan fingerprint density at radius 1 is 0.840 bits per heavy atom. The molecular weight excluding hydrogens is 390 g/mol. The molecule has 5 heteroatoms. The van der Waals surface area contributed by atoms with Gasteiger partial charge in [-0.3, -0.25) is 0 Å². The smallest absolute Gasteiger partial charge is 0.188 e. The molecule has 0 spiro atoms. The fourth-order valence-electron chi connectivity index (χ4n) is 2.60. The quantitative estimate of drug-likeness (QED) is 0.380. The summed E-state index contributed by atoms with van der Waals surface area (Å²) in [5.41, 5.74) is 2.94. The Bertz CT molecular complexity index is 882. The van der Waals surface area contributed by atoms with Crippen LogP contribution in [0, 0.1) is 11.6 Å². The molecule has 0 aliphatic carbocycles. The lowest BCUT2D eigenvalue weighted by atomic mass is 9.97. The van der Waals surface area contributed by atoms with Gasteiger partial charge in [-0.2, -0.15) is 0 Å². The van der Waals surface area contributed by atoms with Gasteiger partial charge in [-0.05, 0) is 17.7 Å². The van der Waals surface area contributed by atoms with Crippen LogP contribution >= 0.6 is 15.9 Å². The van der Waals surface area contributed by atoms with Gasteiger partial charge >= 0.3 is 0 Å². The van der Waals surface area contributed by atoms with Crippen molar-refractivity contribution in [2.24, 2.45) is 0 Å². The minimum atomic E-state index is -0.916. The highest BCUT2D eigenvalue weighted by Gasteiger charge is 2.17. The van der Waals surface area contributed by atoms with Gasteiger partial charge in [0.15, 0.2) is 18.4 Å². The molecule has 2 nitrogen and oxygen atoms in total. The summed E-state index contributed by atoms with van der Waals surface area (Å²) < 4.78 is 38.5. The number of rotatable bonds is 5. The first kappa shape index (κ1) is 17.6. The summed E-state index contributed by atoms with van der Waals surface area (Å²) in [6.45, 7) is 0.0398. The van der Waals surface area contributed by atoms with Crippen LogP contribution in [0.3, 0.4) is 0 Å². The lowest BCUT2D eigenvalue weighted by Gasteiger charge is -2.17. The van der Waals surface area contributed by atoms with Gasteiger partial charge in [0.05, 0.1) is 0 Å². The van der Waals surface area contributed by atoms with E-state index in [0.29, 0.717) is 21.3 Å². The molecule has 3 aromatic carbocycles. The summed E-state index contributed by atoms with van der Waals surface area (Å²) in [6.07, 6.45) is 0. The van der Waals surface area contributed by atoms with Gasteiger partial charge in [-0.1, -0.05) is 64.5 Å². The average Bonchev–Trinajstić information content (AvgIpc) is 2.63. The second kappa shape index (κ2) is 7.76. The molecule has 0 aromatic heterocycles. The minimum absolute atomic E-state index is 0.0398. The molecule has 0 amide bonds. The van der Waals surface area contributed by atoms with E-state index < -0.39 is 11.6 Å². The van der Waals surface area contributed by atoms with Crippen LogP contribution in [0.1, 0.15) is 0 Å². The van der Waals surface area contributed by atoms with Crippen molar-refractivity contribution in [2.75, 3.05) is 13.9 Å². The number of hydrogen-bond acceptors (Lipinski definition) is 2. The van der Waals surface area contributed by atoms with Gasteiger partial charge in [0, 0.05) is 28.3 Å². The first-order valence-corrected chi connectivity index (χ1v) is 8.36. The van der Waals surface area contributed by atoms with Crippen molar-refractivity contribution >= 4 is 15.9 Å². The van der Waals surface area contributed by atoms with Gasteiger partial charge < -0.3 is 9.47 Å². The van der Waals surface area contributed by atoms with E-state index in [9.17, 15) is 8.78 Å². The lowest BCUT2D eigenvalue weighted by Crippen LogP contribution is -2.02. The molecule has 0 saturated carbocycles. The Labute approximate surface area is 153 Å². The summed E-state index contributed by atoms with van der Waals surface area (Å²) in [5, 5.41) is 0. The number of ether oxygens (including phenoxy) is 2. The predicted octanol–water partition coefficient (Wildman–Crippen LogP) is 6.04. The lowest BCUT2D eigenvalue weighted by molar-refractivity contribution is 0.0519. The third kappa shape index (κ3) is 3.72. The van der Waals surface area contributed by atoms with E-state index in [4.69, 9.17) is 9.47 Å². The molecule has 25 heavy (non-hydrogen) atoms. The molecule has 0 N–H and O–H groups in total. The predicted molar refractivity (Wildman–Crippen MR) is 97.4 cm³/mol. The average molecular weight is 405 g/mol. The van der Waals surface area contributed by atoms with Crippen molar-refractivity contribution in [3.63, 3.8) is 0 Å². The zero-order chi connectivity index (χ0) is 17.8. The molecule has 3 rings (SSSR count). The van der Waals surface area contributed by atoms with Crippen molar-refractivity contribution in [1.82, 2.24) is 0 Å². The van der Waals surface area contributed by atoms with Crippen LogP contribution in [0.4, 0.5) is 8.78 Å². The fraction of sp³-hybridized carbons (Fsp3) is 0.100. The third-order valence-corrected chi connectivity index (χ3v) is 4.38. The normalized spacial score (nSPS) is 10.7. The van der Waals surface area contributed by atoms with Crippen LogP contribution in [0.25, 0.3) is 22.3 Å². The van der Waals surface area contributed by atoms with Crippen molar-refractivity contribution in [3.8, 4) is 28.0 Å². The molecule has 0 atom stereocenters. The summed E-state index contributed by atoms with van der Waals surface area (Å²) >= 11 is 3.31. The number of halogens is 3. The van der Waals surface area contributed by atoms with E-state index in [1.54, 1.807) is 6.07 Å². The largest absolute Gasteiger partial charge is 0.466 e. The maximum absolute atomic E-state index is 13.8. The van der Waals surface area contributed by atoms with Crippen molar-refractivity contribution in [3.05, 3.63) is 76.8 Å². The zero-order valence-corrected chi connectivity index (χ0v) is 15.0. The van der Waals surface area contributed by atoms with Crippen LogP contribution in [0.5, 0.6) is 5.75 Å². The summed E-state index contributed by atoms with van der Waals surface area (Å²) in [7, 11) is 1.53. The van der Waals surface area contributed by atoms with Gasteiger partial charge in [0.25, 0.3) is 0 Å². The summed E-state index contributed by atoms with van der Waals surface area (Å²) in [5.74, 6) is -1.28. The SMILES string of the molecule is COCOc1c(-c2ccccc2)cccc1-c1cc(F)c(F)cc1Br. The Kier molecular flexibility index (Phi) is 5.46. The van der Waals surface area contributed by atoms with E-state index in [-0.39, 0.29) is 6.79 Å². The molecule has 0 saturated heterocycles. The van der Waals surface area contributed by atoms with Gasteiger partial charge in [-0.25, -0.2) is 8.78 Å². The van der Waals surface area contributed by atoms with E-state index in [1.807, 2.05) is 42.5 Å². The van der Waals surface area contributed by atoms with Crippen LogP contribution in [-0.4, -0.2) is 13.9 Å². The van der Waals surface area contributed by atoms with Crippen molar-refractivity contribution in [2.45, 2.75) is 0 Å². The highest BCUT2D eigenvalue weighted by atomic mass is 79.9. The van der Waals surface area contributed by atoms with Crippen LogP contribution < -0.4 is 4.74 Å². The maximum atomic E-state index is 13.8. The number of para-hydroxylation sites is 1. The monoisotopic (exact) mass is 404 g/mol. The zero-order valence-electron chi connectivity index (χ0n) is 13.4. The Morgan fingerprint density at radius 3 is 2.24 bits per heavy atom. The third-order valence-electron chi connectivity index (χ3n) is 3.72. The van der Waals surface area contributed by atoms with Gasteiger partial charge in [0.1, 0.15) is 5.75 Å². The fourth-order valence-corrected chi connectivity index (χ4v) is 3.13. The van der Waals surface area contributed by atoms with E-state index in [2.05, 4.69) is 15.9 Å². The first-order valence-electron chi connectivity index (χ1n) is 7.57. The second-order valence-electron chi connectivity index (χ2n) is 5.35. The molecule has 0 aliphatic rings. The van der Waals surface area contributed by atoms with Crippen LogP contribution in [-0.2, 0) is 4.74 Å². The van der Waals surface area contributed by atoms with Crippen molar-refractivity contribution in [1.29, 1.82) is 0 Å². The minimum Gasteiger partial charge on any atom is -0.466 e. The topological polar surface area (TPSA) is 18.5 Å². The molecule has 0 radical (unpaired) electrons. The number of methoxy groups -OCH3 is 1. The highest BCUT2D eigenvalue weighted by molar-refractivity contribution is 9.10. The van der Waals surface area contributed by atoms with Gasteiger partial charge in [-0.15, -0.1) is 0 Å². The van der Waals surface area contributed by atoms with E-state index in [1.165, 1.54) is 7.11 Å². The Hall–Kier alpha value is -2.24. The molecule has 128 valence electrons. The Morgan fingerprint density at radius 2 is 1.52 bits per heavy atom. The molecule has 0 heterocycles. The van der Waals surface area contributed by atoms with Gasteiger partial charge in [0.2, 0.25) is 0 Å². The molecule has 0 fully saturated rings.